The van der Waals surface area contributed by atoms with Gasteiger partial charge in [-0.05, 0) is 71.8 Å². The normalized spacial score (nSPS) is 13.6. The van der Waals surface area contributed by atoms with Crippen LogP contribution < -0.4 is 9.80 Å². The number of carboxylic acids is 4. The highest BCUT2D eigenvalue weighted by Crippen LogP contribution is 2.36. The molecule has 0 saturated carbocycles. The third-order valence-electron chi connectivity index (χ3n) is 7.45. The summed E-state index contributed by atoms with van der Waals surface area (Å²) in [7, 11) is 0. The SMILES string of the molecule is O=C(O)c1cc(C(=O)O)cc(N2C(=O)c3ccc(-c4ccc5c(c4)C(=O)N(c4cc(C(=O)O)cc(C(=O)O)c4)C5=O)cc3C2=O)c1. The molecule has 0 fully saturated rings. The van der Waals surface area contributed by atoms with Crippen LogP contribution in [-0.4, -0.2) is 67.9 Å². The quantitative estimate of drug-likeness (QED) is 0.217. The first-order valence-electron chi connectivity index (χ1n) is 13.1. The van der Waals surface area contributed by atoms with Gasteiger partial charge in [-0.3, -0.25) is 19.2 Å². The molecule has 4 aromatic rings. The molecule has 0 bridgehead atoms. The monoisotopic (exact) mass is 620 g/mol. The van der Waals surface area contributed by atoms with Crippen molar-refractivity contribution in [2.75, 3.05) is 9.80 Å². The Morgan fingerprint density at radius 3 is 0.957 bits per heavy atom. The summed E-state index contributed by atoms with van der Waals surface area (Å²) in [6.45, 7) is 0. The van der Waals surface area contributed by atoms with E-state index in [1.165, 1.54) is 36.4 Å². The first-order chi connectivity index (χ1) is 21.8. The molecule has 2 aliphatic rings. The van der Waals surface area contributed by atoms with Gasteiger partial charge in [0.1, 0.15) is 0 Å². The van der Waals surface area contributed by atoms with Gasteiger partial charge in [0, 0.05) is 0 Å². The number of rotatable bonds is 7. The Hall–Kier alpha value is -6.96. The maximum absolute atomic E-state index is 13.4. The number of aromatic carboxylic acids is 4. The van der Waals surface area contributed by atoms with Crippen molar-refractivity contribution in [1.82, 2.24) is 0 Å². The molecule has 0 spiro atoms. The van der Waals surface area contributed by atoms with Gasteiger partial charge < -0.3 is 20.4 Å². The van der Waals surface area contributed by atoms with Crippen LogP contribution in [0.5, 0.6) is 0 Å². The van der Waals surface area contributed by atoms with Crippen LogP contribution in [0.4, 0.5) is 11.4 Å². The minimum absolute atomic E-state index is 0.0440. The molecule has 0 aliphatic carbocycles. The highest BCUT2D eigenvalue weighted by Gasteiger charge is 2.39. The van der Waals surface area contributed by atoms with E-state index in [2.05, 4.69) is 0 Å². The molecular weight excluding hydrogens is 604 g/mol. The van der Waals surface area contributed by atoms with Crippen LogP contribution in [-0.2, 0) is 0 Å². The summed E-state index contributed by atoms with van der Waals surface area (Å²) in [6.07, 6.45) is 0. The molecule has 14 heteroatoms. The van der Waals surface area contributed by atoms with Crippen LogP contribution >= 0.6 is 0 Å². The predicted octanol–water partition coefficient (Wildman–Crippen LogP) is 3.75. The Bertz CT molecular complexity index is 1950. The number of carbonyl (C=O) groups excluding carboxylic acids is 4. The van der Waals surface area contributed by atoms with E-state index in [4.69, 9.17) is 0 Å². The molecule has 226 valence electrons. The Morgan fingerprint density at radius 2 is 0.674 bits per heavy atom. The standard InChI is InChI=1S/C32H16N2O12/c35-25-21-3-1-13(11-23(21)27(37)33(25)19-7-15(29(39)40)5-16(8-19)30(41)42)14-2-4-22-24(12-14)28(38)34(26(22)36)20-9-17(31(43)44)6-18(10-20)32(45)46/h1-12H,(H,39,40)(H,41,42)(H,43,44)(H,45,46). The molecule has 4 aromatic carbocycles. The summed E-state index contributed by atoms with van der Waals surface area (Å²) in [6, 6.07) is 14.1. The molecule has 0 unspecified atom stereocenters. The zero-order valence-corrected chi connectivity index (χ0v) is 22.9. The smallest absolute Gasteiger partial charge is 0.335 e. The second-order valence-corrected chi connectivity index (χ2v) is 10.2. The van der Waals surface area contributed by atoms with Gasteiger partial charge in [-0.1, -0.05) is 12.1 Å². The number of amides is 4. The molecule has 14 nitrogen and oxygen atoms in total. The van der Waals surface area contributed by atoms with E-state index in [-0.39, 0.29) is 33.6 Å². The van der Waals surface area contributed by atoms with Crippen LogP contribution in [0.2, 0.25) is 0 Å². The number of hydrogen-bond acceptors (Lipinski definition) is 8. The summed E-state index contributed by atoms with van der Waals surface area (Å²) in [5.74, 6) is -9.22. The third kappa shape index (κ3) is 4.53. The summed E-state index contributed by atoms with van der Waals surface area (Å²) in [5.41, 5.74) is -1.90. The molecular formula is C32H16N2O12. The number of benzene rings is 4. The molecule has 0 aromatic heterocycles. The lowest BCUT2D eigenvalue weighted by molar-refractivity contribution is 0.0676. The largest absolute Gasteiger partial charge is 0.478 e. The number of carboxylic acid groups (broad SMARTS) is 4. The number of imide groups is 2. The van der Waals surface area contributed by atoms with Crippen molar-refractivity contribution in [2.45, 2.75) is 0 Å². The number of hydrogen-bond donors (Lipinski definition) is 4. The number of carbonyl (C=O) groups is 8. The van der Waals surface area contributed by atoms with Crippen molar-refractivity contribution in [3.8, 4) is 11.1 Å². The van der Waals surface area contributed by atoms with Crippen LogP contribution in [0.15, 0.2) is 72.8 Å². The van der Waals surface area contributed by atoms with Gasteiger partial charge in [0.15, 0.2) is 0 Å². The fourth-order valence-electron chi connectivity index (χ4n) is 5.28. The van der Waals surface area contributed by atoms with Crippen molar-refractivity contribution in [2.24, 2.45) is 0 Å². The van der Waals surface area contributed by atoms with Gasteiger partial charge >= 0.3 is 23.9 Å². The lowest BCUT2D eigenvalue weighted by Crippen LogP contribution is -2.29. The van der Waals surface area contributed by atoms with Crippen LogP contribution in [0.25, 0.3) is 11.1 Å². The number of fused-ring (bicyclic) bond motifs is 2. The predicted molar refractivity (Wildman–Crippen MR) is 155 cm³/mol. The van der Waals surface area contributed by atoms with Gasteiger partial charge in [0.2, 0.25) is 0 Å². The summed E-state index contributed by atoms with van der Waals surface area (Å²) in [4.78, 5) is 101. The maximum atomic E-state index is 13.4. The summed E-state index contributed by atoms with van der Waals surface area (Å²) >= 11 is 0. The van der Waals surface area contributed by atoms with Crippen molar-refractivity contribution in [3.05, 3.63) is 117 Å². The van der Waals surface area contributed by atoms with Gasteiger partial charge in [-0.2, -0.15) is 0 Å². The molecule has 0 saturated heterocycles. The molecule has 4 N–H and O–H groups in total. The van der Waals surface area contributed by atoms with Gasteiger partial charge in [-0.25, -0.2) is 29.0 Å². The second kappa shape index (κ2) is 10.3. The van der Waals surface area contributed by atoms with Crippen molar-refractivity contribution in [3.63, 3.8) is 0 Å². The highest BCUT2D eigenvalue weighted by atomic mass is 16.4. The second-order valence-electron chi connectivity index (χ2n) is 10.2. The Labute approximate surface area is 255 Å². The topological polar surface area (TPSA) is 224 Å². The molecule has 46 heavy (non-hydrogen) atoms. The van der Waals surface area contributed by atoms with E-state index in [1.807, 2.05) is 0 Å². The average molecular weight is 620 g/mol. The zero-order chi connectivity index (χ0) is 33.2. The van der Waals surface area contributed by atoms with E-state index in [0.717, 1.165) is 36.4 Å². The van der Waals surface area contributed by atoms with Gasteiger partial charge in [-0.15, -0.1) is 0 Å². The maximum Gasteiger partial charge on any atom is 0.335 e. The fourth-order valence-corrected chi connectivity index (χ4v) is 5.28. The molecule has 0 atom stereocenters. The molecule has 0 radical (unpaired) electrons. The first-order valence-corrected chi connectivity index (χ1v) is 13.1. The minimum atomic E-state index is -1.47. The lowest BCUT2D eigenvalue weighted by Gasteiger charge is -2.15. The van der Waals surface area contributed by atoms with Crippen LogP contribution in [0, 0.1) is 0 Å². The minimum Gasteiger partial charge on any atom is -0.478 e. The van der Waals surface area contributed by atoms with Crippen LogP contribution in [0.1, 0.15) is 82.9 Å². The average Bonchev–Trinajstić information content (AvgIpc) is 3.43. The highest BCUT2D eigenvalue weighted by molar-refractivity contribution is 6.36. The van der Waals surface area contributed by atoms with Crippen molar-refractivity contribution < 1.29 is 58.8 Å². The van der Waals surface area contributed by atoms with Crippen molar-refractivity contribution in [1.29, 1.82) is 0 Å². The molecule has 2 aliphatic heterocycles. The third-order valence-corrected chi connectivity index (χ3v) is 7.45. The number of anilines is 2. The summed E-state index contributed by atoms with van der Waals surface area (Å²) < 4.78 is 0. The first kappa shape index (κ1) is 29.1. The Balaban J connectivity index is 1.36. The Morgan fingerprint density at radius 1 is 0.391 bits per heavy atom. The van der Waals surface area contributed by atoms with E-state index in [0.29, 0.717) is 20.9 Å². The van der Waals surface area contributed by atoms with E-state index < -0.39 is 69.8 Å². The van der Waals surface area contributed by atoms with E-state index >= 15 is 0 Å². The molecule has 6 rings (SSSR count). The fraction of sp³-hybridized carbons (Fsp3) is 0. The molecule has 4 amide bonds. The summed E-state index contributed by atoms with van der Waals surface area (Å²) in [5, 5.41) is 37.6. The van der Waals surface area contributed by atoms with E-state index in [9.17, 15) is 58.8 Å². The molecule has 2 heterocycles. The van der Waals surface area contributed by atoms with E-state index in [1.54, 1.807) is 0 Å². The number of nitrogens with zero attached hydrogens (tertiary/aromatic N) is 2. The zero-order valence-electron chi connectivity index (χ0n) is 22.9. The van der Waals surface area contributed by atoms with Crippen molar-refractivity contribution >= 4 is 58.9 Å². The lowest BCUT2D eigenvalue weighted by atomic mass is 9.97. The Kier molecular flexibility index (Phi) is 6.55. The van der Waals surface area contributed by atoms with Gasteiger partial charge in [0.05, 0.1) is 55.9 Å². The van der Waals surface area contributed by atoms with Crippen LogP contribution in [0.3, 0.4) is 0 Å². The van der Waals surface area contributed by atoms with Gasteiger partial charge in [0.25, 0.3) is 23.6 Å².